The summed E-state index contributed by atoms with van der Waals surface area (Å²) in [7, 11) is 0. The Morgan fingerprint density at radius 1 is 1.05 bits per heavy atom. The predicted molar refractivity (Wildman–Crippen MR) is 86.8 cm³/mol. The van der Waals surface area contributed by atoms with Crippen molar-refractivity contribution in [3.8, 4) is 11.6 Å². The number of carbonyl (C=O) groups is 1. The van der Waals surface area contributed by atoms with Crippen LogP contribution in [0, 0.1) is 0 Å². The maximum atomic E-state index is 11.1. The number of amides is 1. The molecule has 0 saturated carbocycles. The fourth-order valence-corrected chi connectivity index (χ4v) is 2.50. The van der Waals surface area contributed by atoms with Crippen LogP contribution in [0.4, 0.5) is 0 Å². The molecule has 2 aromatic carbocycles. The van der Waals surface area contributed by atoms with E-state index in [-0.39, 0.29) is 16.5 Å². The zero-order valence-corrected chi connectivity index (χ0v) is 12.7. The molecule has 110 valence electrons. The first-order chi connectivity index (χ1) is 10.6. The van der Waals surface area contributed by atoms with E-state index < -0.39 is 5.91 Å². The second kappa shape index (κ2) is 5.83. The summed E-state index contributed by atoms with van der Waals surface area (Å²) in [5, 5.41) is 2.54. The van der Waals surface area contributed by atoms with Crippen molar-refractivity contribution in [1.29, 1.82) is 0 Å². The Hall–Kier alpha value is -2.30. The Balaban J connectivity index is 2.04. The van der Waals surface area contributed by atoms with Gasteiger partial charge in [0.05, 0.1) is 5.56 Å². The number of primary amides is 1. The zero-order valence-electron chi connectivity index (χ0n) is 11.2. The number of nitrogens with zero attached hydrogens (tertiary/aromatic N) is 1. The SMILES string of the molecule is NC(=O)c1cnc(Oc2ccc(Cl)c3ccccc23)c(Cl)c1. The lowest BCUT2D eigenvalue weighted by molar-refractivity contribution is 0.1000. The Morgan fingerprint density at radius 2 is 1.77 bits per heavy atom. The average molecular weight is 333 g/mol. The third kappa shape index (κ3) is 2.71. The highest BCUT2D eigenvalue weighted by molar-refractivity contribution is 6.35. The molecule has 0 saturated heterocycles. The molecule has 3 aromatic rings. The minimum Gasteiger partial charge on any atom is -0.437 e. The van der Waals surface area contributed by atoms with Crippen LogP contribution >= 0.6 is 23.2 Å². The van der Waals surface area contributed by atoms with Crippen LogP contribution in [0.5, 0.6) is 11.6 Å². The summed E-state index contributed by atoms with van der Waals surface area (Å²) >= 11 is 12.3. The summed E-state index contributed by atoms with van der Waals surface area (Å²) < 4.78 is 5.76. The van der Waals surface area contributed by atoms with Crippen LogP contribution in [0.15, 0.2) is 48.7 Å². The number of rotatable bonds is 3. The van der Waals surface area contributed by atoms with Gasteiger partial charge in [-0.2, -0.15) is 0 Å². The molecule has 4 nitrogen and oxygen atoms in total. The molecule has 0 aliphatic rings. The lowest BCUT2D eigenvalue weighted by atomic mass is 10.1. The first kappa shape index (κ1) is 14.6. The Labute approximate surface area is 136 Å². The molecule has 3 rings (SSSR count). The van der Waals surface area contributed by atoms with E-state index in [1.165, 1.54) is 12.3 Å². The van der Waals surface area contributed by atoms with Gasteiger partial charge in [0.2, 0.25) is 11.8 Å². The molecule has 1 aromatic heterocycles. The number of pyridine rings is 1. The Bertz CT molecular complexity index is 881. The van der Waals surface area contributed by atoms with Gasteiger partial charge in [0.15, 0.2) is 0 Å². The van der Waals surface area contributed by atoms with Crippen molar-refractivity contribution < 1.29 is 9.53 Å². The van der Waals surface area contributed by atoms with Crippen LogP contribution in [0.1, 0.15) is 10.4 Å². The van der Waals surface area contributed by atoms with Gasteiger partial charge in [-0.25, -0.2) is 4.98 Å². The molecule has 0 radical (unpaired) electrons. The topological polar surface area (TPSA) is 65.2 Å². The van der Waals surface area contributed by atoms with Crippen LogP contribution in [0.3, 0.4) is 0 Å². The highest BCUT2D eigenvalue weighted by Crippen LogP contribution is 2.35. The number of aromatic nitrogens is 1. The Kier molecular flexibility index (Phi) is 3.88. The van der Waals surface area contributed by atoms with Crippen LogP contribution in [-0.2, 0) is 0 Å². The maximum Gasteiger partial charge on any atom is 0.250 e. The number of fused-ring (bicyclic) bond motifs is 1. The summed E-state index contributed by atoms with van der Waals surface area (Å²) in [6.45, 7) is 0. The van der Waals surface area contributed by atoms with Crippen molar-refractivity contribution in [2.45, 2.75) is 0 Å². The number of hydrogen-bond acceptors (Lipinski definition) is 3. The predicted octanol–water partition coefficient (Wildman–Crippen LogP) is 4.43. The molecule has 0 fully saturated rings. The molecule has 1 heterocycles. The van der Waals surface area contributed by atoms with Gasteiger partial charge in [-0.3, -0.25) is 4.79 Å². The zero-order chi connectivity index (χ0) is 15.7. The fourth-order valence-electron chi connectivity index (χ4n) is 2.06. The number of carbonyl (C=O) groups excluding carboxylic acids is 1. The van der Waals surface area contributed by atoms with Crippen molar-refractivity contribution in [1.82, 2.24) is 4.98 Å². The van der Waals surface area contributed by atoms with Gasteiger partial charge in [0.1, 0.15) is 10.8 Å². The standard InChI is InChI=1S/C16H10Cl2N2O2/c17-12-5-6-14(11-4-2-1-3-10(11)12)22-16-13(18)7-9(8-20-16)15(19)21/h1-8H,(H2,19,21). The summed E-state index contributed by atoms with van der Waals surface area (Å²) in [6.07, 6.45) is 1.32. The number of benzene rings is 2. The van der Waals surface area contributed by atoms with Gasteiger partial charge >= 0.3 is 0 Å². The largest absolute Gasteiger partial charge is 0.437 e. The van der Waals surface area contributed by atoms with Crippen molar-refractivity contribution in [3.05, 3.63) is 64.3 Å². The molecule has 0 atom stereocenters. The third-order valence-electron chi connectivity index (χ3n) is 3.13. The van der Waals surface area contributed by atoms with E-state index in [0.717, 1.165) is 10.8 Å². The summed E-state index contributed by atoms with van der Waals surface area (Å²) in [6, 6.07) is 12.5. The number of nitrogens with two attached hydrogens (primary N) is 1. The van der Waals surface area contributed by atoms with Gasteiger partial charge in [-0.05, 0) is 18.2 Å². The van der Waals surface area contributed by atoms with Crippen molar-refractivity contribution in [2.24, 2.45) is 5.73 Å². The van der Waals surface area contributed by atoms with E-state index >= 15 is 0 Å². The molecular weight excluding hydrogens is 323 g/mol. The quantitative estimate of drug-likeness (QED) is 0.771. The number of hydrogen-bond donors (Lipinski definition) is 1. The van der Waals surface area contributed by atoms with Crippen molar-refractivity contribution in [3.63, 3.8) is 0 Å². The second-order valence-electron chi connectivity index (χ2n) is 4.57. The first-order valence-electron chi connectivity index (χ1n) is 6.36. The minimum atomic E-state index is -0.599. The molecule has 22 heavy (non-hydrogen) atoms. The molecule has 0 unspecified atom stereocenters. The molecule has 0 spiro atoms. The van der Waals surface area contributed by atoms with E-state index in [1.807, 2.05) is 24.3 Å². The van der Waals surface area contributed by atoms with Gasteiger partial charge < -0.3 is 10.5 Å². The monoisotopic (exact) mass is 332 g/mol. The van der Waals surface area contributed by atoms with Crippen LogP contribution < -0.4 is 10.5 Å². The minimum absolute atomic E-state index is 0.194. The number of halogens is 2. The Morgan fingerprint density at radius 3 is 2.45 bits per heavy atom. The van der Waals surface area contributed by atoms with Gasteiger partial charge in [-0.15, -0.1) is 0 Å². The number of ether oxygens (including phenoxy) is 1. The highest BCUT2D eigenvalue weighted by atomic mass is 35.5. The van der Waals surface area contributed by atoms with Gasteiger partial charge in [0, 0.05) is 22.0 Å². The second-order valence-corrected chi connectivity index (χ2v) is 5.38. The lowest BCUT2D eigenvalue weighted by Crippen LogP contribution is -2.11. The average Bonchev–Trinajstić information content (AvgIpc) is 2.52. The molecule has 2 N–H and O–H groups in total. The molecule has 0 aliphatic carbocycles. The van der Waals surface area contributed by atoms with Crippen molar-refractivity contribution in [2.75, 3.05) is 0 Å². The van der Waals surface area contributed by atoms with E-state index in [0.29, 0.717) is 10.8 Å². The molecule has 1 amide bonds. The molecule has 0 bridgehead atoms. The molecule has 0 aliphatic heterocycles. The van der Waals surface area contributed by atoms with Crippen LogP contribution in [0.25, 0.3) is 10.8 Å². The summed E-state index contributed by atoms with van der Waals surface area (Å²) in [5.74, 6) is 0.165. The van der Waals surface area contributed by atoms with Gasteiger partial charge in [0.25, 0.3) is 0 Å². The van der Waals surface area contributed by atoms with E-state index in [9.17, 15) is 4.79 Å². The summed E-state index contributed by atoms with van der Waals surface area (Å²) in [5.41, 5.74) is 5.40. The van der Waals surface area contributed by atoms with Gasteiger partial charge in [-0.1, -0.05) is 47.5 Å². The summed E-state index contributed by atoms with van der Waals surface area (Å²) in [4.78, 5) is 15.1. The van der Waals surface area contributed by atoms with Crippen LogP contribution in [-0.4, -0.2) is 10.9 Å². The highest BCUT2D eigenvalue weighted by Gasteiger charge is 2.12. The van der Waals surface area contributed by atoms with E-state index in [2.05, 4.69) is 4.98 Å². The van der Waals surface area contributed by atoms with Crippen molar-refractivity contribution >= 4 is 39.9 Å². The maximum absolute atomic E-state index is 11.1. The third-order valence-corrected chi connectivity index (χ3v) is 3.73. The smallest absolute Gasteiger partial charge is 0.250 e. The van der Waals surface area contributed by atoms with E-state index in [1.54, 1.807) is 12.1 Å². The first-order valence-corrected chi connectivity index (χ1v) is 7.12. The lowest BCUT2D eigenvalue weighted by Gasteiger charge is -2.10. The normalized spacial score (nSPS) is 10.6. The molecule has 6 heteroatoms. The van der Waals surface area contributed by atoms with E-state index in [4.69, 9.17) is 33.7 Å². The molecular formula is C16H10Cl2N2O2. The van der Waals surface area contributed by atoms with Crippen LogP contribution in [0.2, 0.25) is 10.0 Å². The fraction of sp³-hybridized carbons (Fsp3) is 0.